The Morgan fingerprint density at radius 3 is 2.55 bits per heavy atom. The fourth-order valence-electron chi connectivity index (χ4n) is 3.27. The Balaban J connectivity index is 2.27. The van der Waals surface area contributed by atoms with E-state index < -0.39 is 0 Å². The highest BCUT2D eigenvalue weighted by molar-refractivity contribution is 5.36. The summed E-state index contributed by atoms with van der Waals surface area (Å²) in [5.41, 5.74) is 7.52. The van der Waals surface area contributed by atoms with Gasteiger partial charge in [-0.3, -0.25) is 4.90 Å². The van der Waals surface area contributed by atoms with Gasteiger partial charge in [0.15, 0.2) is 0 Å². The zero-order chi connectivity index (χ0) is 14.7. The maximum atomic E-state index is 6.31. The number of hydrogen-bond acceptors (Lipinski definition) is 3. The predicted octanol–water partition coefficient (Wildman–Crippen LogP) is 3.06. The number of hydrogen-bond donors (Lipinski definition) is 1. The van der Waals surface area contributed by atoms with Crippen molar-refractivity contribution in [1.82, 2.24) is 4.90 Å². The van der Waals surface area contributed by atoms with Crippen molar-refractivity contribution in [3.8, 4) is 5.75 Å². The lowest BCUT2D eigenvalue weighted by Crippen LogP contribution is -2.46. The molecule has 20 heavy (non-hydrogen) atoms. The van der Waals surface area contributed by atoms with Gasteiger partial charge >= 0.3 is 0 Å². The summed E-state index contributed by atoms with van der Waals surface area (Å²) in [5.74, 6) is 2.47. The molecule has 0 bridgehead atoms. The highest BCUT2D eigenvalue weighted by atomic mass is 16.5. The molecule has 1 heterocycles. The summed E-state index contributed by atoms with van der Waals surface area (Å²) < 4.78 is 5.53. The van der Waals surface area contributed by atoms with E-state index in [2.05, 4.69) is 37.8 Å². The molecule has 1 aliphatic heterocycles. The van der Waals surface area contributed by atoms with Crippen LogP contribution in [0.1, 0.15) is 38.8 Å². The van der Waals surface area contributed by atoms with E-state index in [0.29, 0.717) is 0 Å². The normalized spacial score (nSPS) is 27.1. The standard InChI is InChI=1S/C17H28N2O/c1-12-9-10-19(11-13(12)2)17(14(3)18)15-7-5-6-8-16(15)20-4/h5-8,12-14,17H,9-11,18H2,1-4H3. The summed E-state index contributed by atoms with van der Waals surface area (Å²) in [6, 6.07) is 8.59. The van der Waals surface area contributed by atoms with Crippen LogP contribution in [0.25, 0.3) is 0 Å². The first-order chi connectivity index (χ1) is 9.54. The van der Waals surface area contributed by atoms with Crippen LogP contribution in [0, 0.1) is 11.8 Å². The molecule has 0 amide bonds. The number of benzene rings is 1. The molecule has 112 valence electrons. The van der Waals surface area contributed by atoms with Crippen molar-refractivity contribution in [1.29, 1.82) is 0 Å². The molecule has 0 saturated carbocycles. The molecule has 1 aliphatic rings. The van der Waals surface area contributed by atoms with Crippen molar-refractivity contribution in [3.05, 3.63) is 29.8 Å². The van der Waals surface area contributed by atoms with Gasteiger partial charge in [-0.1, -0.05) is 32.0 Å². The molecule has 0 spiro atoms. The number of nitrogens with two attached hydrogens (primary N) is 1. The van der Waals surface area contributed by atoms with Gasteiger partial charge in [0.05, 0.1) is 13.2 Å². The van der Waals surface area contributed by atoms with Gasteiger partial charge in [0.25, 0.3) is 0 Å². The van der Waals surface area contributed by atoms with Crippen molar-refractivity contribution >= 4 is 0 Å². The largest absolute Gasteiger partial charge is 0.496 e. The summed E-state index contributed by atoms with van der Waals surface area (Å²) in [4.78, 5) is 2.53. The van der Waals surface area contributed by atoms with E-state index >= 15 is 0 Å². The molecular weight excluding hydrogens is 248 g/mol. The Kier molecular flexibility index (Phi) is 5.06. The van der Waals surface area contributed by atoms with E-state index in [4.69, 9.17) is 10.5 Å². The lowest BCUT2D eigenvalue weighted by atomic mass is 9.86. The van der Waals surface area contributed by atoms with Gasteiger partial charge in [-0.15, -0.1) is 0 Å². The minimum atomic E-state index is 0.0897. The SMILES string of the molecule is COc1ccccc1C(C(C)N)N1CCC(C)C(C)C1. The number of ether oxygens (including phenoxy) is 1. The molecule has 2 rings (SSSR count). The molecule has 1 aromatic carbocycles. The van der Waals surface area contributed by atoms with E-state index in [1.54, 1.807) is 7.11 Å². The number of para-hydroxylation sites is 1. The van der Waals surface area contributed by atoms with Crippen LogP contribution in [-0.2, 0) is 0 Å². The Morgan fingerprint density at radius 2 is 1.95 bits per heavy atom. The fourth-order valence-corrected chi connectivity index (χ4v) is 3.27. The van der Waals surface area contributed by atoms with Gasteiger partial charge in [-0.05, 0) is 37.8 Å². The Hall–Kier alpha value is -1.06. The van der Waals surface area contributed by atoms with Crippen molar-refractivity contribution in [3.63, 3.8) is 0 Å². The fraction of sp³-hybridized carbons (Fsp3) is 0.647. The third kappa shape index (κ3) is 3.15. The van der Waals surface area contributed by atoms with E-state index in [0.717, 1.165) is 30.7 Å². The van der Waals surface area contributed by atoms with E-state index in [1.807, 2.05) is 12.1 Å². The molecule has 3 nitrogen and oxygen atoms in total. The molecule has 4 unspecified atom stereocenters. The second-order valence-corrected chi connectivity index (χ2v) is 6.28. The first-order valence-corrected chi connectivity index (χ1v) is 7.67. The Morgan fingerprint density at radius 1 is 1.25 bits per heavy atom. The van der Waals surface area contributed by atoms with Crippen LogP contribution >= 0.6 is 0 Å². The maximum Gasteiger partial charge on any atom is 0.123 e. The number of methoxy groups -OCH3 is 1. The zero-order valence-corrected chi connectivity index (χ0v) is 13.2. The van der Waals surface area contributed by atoms with E-state index in [9.17, 15) is 0 Å². The zero-order valence-electron chi connectivity index (χ0n) is 13.2. The molecule has 0 radical (unpaired) electrons. The minimum Gasteiger partial charge on any atom is -0.496 e. The number of likely N-dealkylation sites (tertiary alicyclic amines) is 1. The lowest BCUT2D eigenvalue weighted by molar-refractivity contribution is 0.0838. The summed E-state index contributed by atoms with van der Waals surface area (Å²) in [7, 11) is 1.73. The second-order valence-electron chi connectivity index (χ2n) is 6.28. The van der Waals surface area contributed by atoms with E-state index in [1.165, 1.54) is 12.0 Å². The molecule has 0 aliphatic carbocycles. The summed E-state index contributed by atoms with van der Waals surface area (Å²) in [6.45, 7) is 9.03. The van der Waals surface area contributed by atoms with Crippen LogP contribution in [0.5, 0.6) is 5.75 Å². The van der Waals surface area contributed by atoms with Crippen molar-refractivity contribution in [2.75, 3.05) is 20.2 Å². The second kappa shape index (κ2) is 6.59. The summed E-state index contributed by atoms with van der Waals surface area (Å²) in [5, 5.41) is 0. The monoisotopic (exact) mass is 276 g/mol. The smallest absolute Gasteiger partial charge is 0.123 e. The molecular formula is C17H28N2O. The van der Waals surface area contributed by atoms with Crippen molar-refractivity contribution in [2.24, 2.45) is 17.6 Å². The minimum absolute atomic E-state index is 0.0897. The van der Waals surface area contributed by atoms with Gasteiger partial charge in [0.2, 0.25) is 0 Å². The number of nitrogens with zero attached hydrogens (tertiary/aromatic N) is 1. The third-order valence-electron chi connectivity index (χ3n) is 4.71. The lowest BCUT2D eigenvalue weighted by Gasteiger charge is -2.42. The molecule has 1 aromatic rings. The predicted molar refractivity (Wildman–Crippen MR) is 83.9 cm³/mol. The van der Waals surface area contributed by atoms with E-state index in [-0.39, 0.29) is 12.1 Å². The van der Waals surface area contributed by atoms with Gasteiger partial charge in [-0.2, -0.15) is 0 Å². The van der Waals surface area contributed by atoms with Crippen LogP contribution in [0.3, 0.4) is 0 Å². The highest BCUT2D eigenvalue weighted by Crippen LogP contribution is 2.35. The van der Waals surface area contributed by atoms with Crippen LogP contribution < -0.4 is 10.5 Å². The quantitative estimate of drug-likeness (QED) is 0.918. The average molecular weight is 276 g/mol. The molecule has 3 heteroatoms. The van der Waals surface area contributed by atoms with Gasteiger partial charge < -0.3 is 10.5 Å². The Labute approximate surface area is 123 Å². The van der Waals surface area contributed by atoms with Crippen LogP contribution in [0.15, 0.2) is 24.3 Å². The third-order valence-corrected chi connectivity index (χ3v) is 4.71. The highest BCUT2D eigenvalue weighted by Gasteiger charge is 2.31. The molecule has 0 aromatic heterocycles. The van der Waals surface area contributed by atoms with Gasteiger partial charge in [0.1, 0.15) is 5.75 Å². The summed E-state index contributed by atoms with van der Waals surface area (Å²) in [6.07, 6.45) is 1.25. The van der Waals surface area contributed by atoms with Gasteiger partial charge in [-0.25, -0.2) is 0 Å². The van der Waals surface area contributed by atoms with Crippen LogP contribution in [0.2, 0.25) is 0 Å². The topological polar surface area (TPSA) is 38.5 Å². The van der Waals surface area contributed by atoms with Crippen LogP contribution in [0.4, 0.5) is 0 Å². The first kappa shape index (κ1) is 15.3. The summed E-state index contributed by atoms with van der Waals surface area (Å²) >= 11 is 0. The first-order valence-electron chi connectivity index (χ1n) is 7.67. The van der Waals surface area contributed by atoms with Crippen molar-refractivity contribution < 1.29 is 4.74 Å². The molecule has 1 saturated heterocycles. The Bertz CT molecular complexity index is 433. The van der Waals surface area contributed by atoms with Gasteiger partial charge in [0, 0.05) is 18.2 Å². The number of rotatable bonds is 4. The number of piperidine rings is 1. The molecule has 4 atom stereocenters. The molecule has 2 N–H and O–H groups in total. The molecule has 1 fully saturated rings. The van der Waals surface area contributed by atoms with Crippen LogP contribution in [-0.4, -0.2) is 31.1 Å². The average Bonchev–Trinajstić information content (AvgIpc) is 2.43. The van der Waals surface area contributed by atoms with Crippen molar-refractivity contribution in [2.45, 2.75) is 39.3 Å². The maximum absolute atomic E-state index is 6.31.